The number of ether oxygens (including phenoxy) is 3. The minimum Gasteiger partial charge on any atom is -0.457 e. The van der Waals surface area contributed by atoms with Crippen molar-refractivity contribution in [1.29, 1.82) is 0 Å². The third-order valence-electron chi connectivity index (χ3n) is 5.39. The van der Waals surface area contributed by atoms with Crippen molar-refractivity contribution in [2.45, 2.75) is 0 Å². The van der Waals surface area contributed by atoms with Crippen LogP contribution in [0.4, 0.5) is 0 Å². The molecule has 4 nitrogen and oxygen atoms in total. The molecule has 0 amide bonds. The van der Waals surface area contributed by atoms with Crippen molar-refractivity contribution in [2.24, 2.45) is 0 Å². The van der Waals surface area contributed by atoms with Crippen LogP contribution >= 0.6 is 31.8 Å². The summed E-state index contributed by atoms with van der Waals surface area (Å²) < 4.78 is 18.7. The largest absolute Gasteiger partial charge is 1.00 e. The summed E-state index contributed by atoms with van der Waals surface area (Å²) in [6.07, 6.45) is 0. The molecule has 0 bridgehead atoms. The van der Waals surface area contributed by atoms with Crippen LogP contribution in [0.2, 0.25) is 10.0 Å². The predicted molar refractivity (Wildman–Crippen MR) is 155 cm³/mol. The number of benzene rings is 5. The van der Waals surface area contributed by atoms with Crippen LogP contribution in [0.15, 0.2) is 121 Å². The van der Waals surface area contributed by atoms with Gasteiger partial charge in [-0.05, 0) is 57.1 Å². The van der Waals surface area contributed by atoms with Crippen LogP contribution in [0.3, 0.4) is 0 Å². The van der Waals surface area contributed by atoms with E-state index in [9.17, 15) is 4.79 Å². The summed E-state index contributed by atoms with van der Waals surface area (Å²) in [7, 11) is -0.400. The Kier molecular flexibility index (Phi) is 10.1. The van der Waals surface area contributed by atoms with Gasteiger partial charge in [-0.1, -0.05) is 83.9 Å². The Morgan fingerprint density at radius 3 is 1.38 bits per heavy atom. The fourth-order valence-corrected chi connectivity index (χ4v) is 5.50. The van der Waals surface area contributed by atoms with E-state index in [4.69, 9.17) is 37.4 Å². The molecule has 8 heteroatoms. The molecule has 1 atom stereocenters. The minimum absolute atomic E-state index is 0. The first-order valence-electron chi connectivity index (χ1n) is 11.7. The Morgan fingerprint density at radius 2 is 0.949 bits per heavy atom. The van der Waals surface area contributed by atoms with Crippen molar-refractivity contribution in [2.75, 3.05) is 0 Å². The number of carbonyl (C=O) groups excluding carboxylic acids is 1. The Labute approximate surface area is 250 Å². The molecule has 0 saturated heterocycles. The molecule has 0 aliphatic carbocycles. The Bertz CT molecular complexity index is 1470. The molecular weight excluding hydrogens is 545 g/mol. The van der Waals surface area contributed by atoms with Gasteiger partial charge in [0.15, 0.2) is 5.52 Å². The van der Waals surface area contributed by atoms with Gasteiger partial charge < -0.3 is 14.2 Å². The second-order valence-corrected chi connectivity index (χ2v) is 10.1. The first-order chi connectivity index (χ1) is 18.6. The molecule has 39 heavy (non-hydrogen) atoms. The maximum Gasteiger partial charge on any atom is 1.00 e. The summed E-state index contributed by atoms with van der Waals surface area (Å²) in [6.45, 7) is 0. The zero-order valence-electron chi connectivity index (χ0n) is 20.9. The standard InChI is InChI=1S/C31H21Cl2O4P.Li/c32-25-17-10-18-26(33)29(25)31(34)38-30-27(36-22-13-6-2-7-14-22)19-24(35-21-11-4-1-5-12-21)20-28(30)37-23-15-8-3-9-16-23;/h1-20,38H;/q;+1. The van der Waals surface area contributed by atoms with E-state index >= 15 is 0 Å². The van der Waals surface area contributed by atoms with Gasteiger partial charge in [-0.3, -0.25) is 4.79 Å². The normalized spacial score (nSPS) is 10.6. The molecule has 0 aliphatic rings. The van der Waals surface area contributed by atoms with Gasteiger partial charge in [0.1, 0.15) is 34.5 Å². The van der Waals surface area contributed by atoms with Crippen molar-refractivity contribution >= 4 is 42.6 Å². The summed E-state index contributed by atoms with van der Waals surface area (Å²) >= 11 is 12.7. The molecule has 5 aromatic carbocycles. The van der Waals surface area contributed by atoms with E-state index in [0.29, 0.717) is 39.8 Å². The zero-order chi connectivity index (χ0) is 26.3. The molecule has 0 saturated carbocycles. The van der Waals surface area contributed by atoms with Crippen LogP contribution in [0.5, 0.6) is 34.5 Å². The van der Waals surface area contributed by atoms with E-state index in [0.717, 1.165) is 0 Å². The zero-order valence-corrected chi connectivity index (χ0v) is 23.4. The Balaban J connectivity index is 0.00000353. The second-order valence-electron chi connectivity index (χ2n) is 8.09. The second kappa shape index (κ2) is 13.7. The molecule has 5 aromatic rings. The first kappa shape index (κ1) is 28.8. The number of hydrogen-bond acceptors (Lipinski definition) is 4. The molecular formula is C31H21Cl2LiO4P+. The minimum atomic E-state index is -0.400. The summed E-state index contributed by atoms with van der Waals surface area (Å²) in [6, 6.07) is 36.5. The van der Waals surface area contributed by atoms with E-state index < -0.39 is 8.58 Å². The summed E-state index contributed by atoms with van der Waals surface area (Å²) in [5, 5.41) is 1.13. The average Bonchev–Trinajstić information content (AvgIpc) is 2.92. The Morgan fingerprint density at radius 1 is 0.538 bits per heavy atom. The van der Waals surface area contributed by atoms with Crippen molar-refractivity contribution < 1.29 is 37.9 Å². The van der Waals surface area contributed by atoms with Crippen molar-refractivity contribution in [1.82, 2.24) is 0 Å². The molecule has 0 aliphatic heterocycles. The van der Waals surface area contributed by atoms with E-state index in [1.54, 1.807) is 30.3 Å². The van der Waals surface area contributed by atoms with Crippen LogP contribution in [0.1, 0.15) is 10.4 Å². The third kappa shape index (κ3) is 7.46. The van der Waals surface area contributed by atoms with Gasteiger partial charge in [0.05, 0.1) is 20.9 Å². The SMILES string of the molecule is O=C(Pc1c(Oc2ccccc2)cc(Oc2ccccc2)cc1Oc1ccccc1)c1c(Cl)cccc1Cl.[Li+]. The summed E-state index contributed by atoms with van der Waals surface area (Å²) in [5.74, 6) is 3.19. The van der Waals surface area contributed by atoms with Gasteiger partial charge in [0, 0.05) is 12.1 Å². The molecule has 0 heterocycles. The van der Waals surface area contributed by atoms with Gasteiger partial charge in [-0.25, -0.2) is 0 Å². The Hall–Kier alpha value is -3.22. The monoisotopic (exact) mass is 565 g/mol. The fourth-order valence-electron chi connectivity index (χ4n) is 3.66. The van der Waals surface area contributed by atoms with Crippen LogP contribution in [0, 0.1) is 0 Å². The van der Waals surface area contributed by atoms with E-state index in [2.05, 4.69) is 0 Å². The van der Waals surface area contributed by atoms with E-state index in [-0.39, 0.29) is 40.0 Å². The number of rotatable bonds is 9. The van der Waals surface area contributed by atoms with Crippen LogP contribution in [-0.4, -0.2) is 5.52 Å². The molecule has 0 radical (unpaired) electrons. The van der Waals surface area contributed by atoms with Crippen molar-refractivity contribution in [3.8, 4) is 34.5 Å². The maximum absolute atomic E-state index is 13.5. The number of halogens is 2. The topological polar surface area (TPSA) is 44.8 Å². The third-order valence-corrected chi connectivity index (χ3v) is 7.24. The van der Waals surface area contributed by atoms with E-state index in [1.807, 2.05) is 91.0 Å². The first-order valence-corrected chi connectivity index (χ1v) is 13.4. The smallest absolute Gasteiger partial charge is 0.457 e. The van der Waals surface area contributed by atoms with E-state index in [1.165, 1.54) is 0 Å². The van der Waals surface area contributed by atoms with Crippen molar-refractivity contribution in [3.63, 3.8) is 0 Å². The summed E-state index contributed by atoms with van der Waals surface area (Å²) in [4.78, 5) is 13.5. The number of carbonyl (C=O) groups is 1. The van der Waals surface area contributed by atoms with Gasteiger partial charge >= 0.3 is 18.9 Å². The van der Waals surface area contributed by atoms with Crippen LogP contribution in [-0.2, 0) is 0 Å². The van der Waals surface area contributed by atoms with Gasteiger partial charge in [0.2, 0.25) is 0 Å². The van der Waals surface area contributed by atoms with Gasteiger partial charge in [-0.2, -0.15) is 0 Å². The van der Waals surface area contributed by atoms with Crippen LogP contribution < -0.4 is 38.4 Å². The van der Waals surface area contributed by atoms with Crippen molar-refractivity contribution in [3.05, 3.63) is 137 Å². The molecule has 188 valence electrons. The number of para-hydroxylation sites is 3. The number of hydrogen-bond donors (Lipinski definition) is 0. The van der Waals surface area contributed by atoms with Gasteiger partial charge in [-0.15, -0.1) is 0 Å². The molecule has 0 N–H and O–H groups in total. The molecule has 0 aromatic heterocycles. The summed E-state index contributed by atoms with van der Waals surface area (Å²) in [5.41, 5.74) is 0.0169. The maximum atomic E-state index is 13.5. The average molecular weight is 566 g/mol. The predicted octanol–water partition coefficient (Wildman–Crippen LogP) is 6.52. The molecule has 1 unspecified atom stereocenters. The molecule has 0 fully saturated rings. The quantitative estimate of drug-likeness (QED) is 0.151. The molecule has 0 spiro atoms. The fraction of sp³-hybridized carbons (Fsp3) is 0. The van der Waals surface area contributed by atoms with Crippen LogP contribution in [0.25, 0.3) is 0 Å². The molecule has 5 rings (SSSR count). The van der Waals surface area contributed by atoms with Gasteiger partial charge in [0.25, 0.3) is 0 Å².